The molecule has 19 heavy (non-hydrogen) atoms. The summed E-state index contributed by atoms with van der Waals surface area (Å²) in [5, 5.41) is 16.0. The first-order valence-corrected chi connectivity index (χ1v) is 7.21. The predicted octanol–water partition coefficient (Wildman–Crippen LogP) is 1.70. The van der Waals surface area contributed by atoms with Gasteiger partial charge in [0.1, 0.15) is 5.84 Å². The van der Waals surface area contributed by atoms with Crippen LogP contribution in [0.1, 0.15) is 31.7 Å². The van der Waals surface area contributed by atoms with Gasteiger partial charge in [-0.3, -0.25) is 9.58 Å². The molecule has 0 bridgehead atoms. The maximum atomic E-state index is 8.56. The minimum atomic E-state index is 0.261. The predicted molar refractivity (Wildman–Crippen MR) is 79.3 cm³/mol. The molecular formula is C12H22BrN5O. The van der Waals surface area contributed by atoms with Gasteiger partial charge in [0.15, 0.2) is 0 Å². The molecule has 0 aliphatic heterocycles. The number of oxime groups is 1. The van der Waals surface area contributed by atoms with Crippen LogP contribution in [0, 0.1) is 0 Å². The van der Waals surface area contributed by atoms with E-state index in [0.29, 0.717) is 6.42 Å². The molecule has 1 heterocycles. The monoisotopic (exact) mass is 331 g/mol. The molecule has 108 valence electrons. The van der Waals surface area contributed by atoms with Crippen molar-refractivity contribution in [3.05, 3.63) is 15.9 Å². The van der Waals surface area contributed by atoms with Crippen LogP contribution in [-0.2, 0) is 20.0 Å². The van der Waals surface area contributed by atoms with Gasteiger partial charge in [-0.2, -0.15) is 5.10 Å². The van der Waals surface area contributed by atoms with Gasteiger partial charge in [0.25, 0.3) is 0 Å². The van der Waals surface area contributed by atoms with E-state index in [1.54, 1.807) is 0 Å². The van der Waals surface area contributed by atoms with Crippen LogP contribution in [-0.4, -0.2) is 38.8 Å². The molecule has 0 spiro atoms. The maximum Gasteiger partial charge on any atom is 0.140 e. The highest BCUT2D eigenvalue weighted by atomic mass is 79.9. The number of hydrogen-bond donors (Lipinski definition) is 2. The summed E-state index contributed by atoms with van der Waals surface area (Å²) in [6.07, 6.45) is 1.46. The summed E-state index contributed by atoms with van der Waals surface area (Å²) in [4.78, 5) is 2.24. The first kappa shape index (κ1) is 16.0. The average Bonchev–Trinajstić information content (AvgIpc) is 2.69. The van der Waals surface area contributed by atoms with E-state index in [0.717, 1.165) is 41.9 Å². The molecule has 0 fully saturated rings. The maximum absolute atomic E-state index is 8.56. The van der Waals surface area contributed by atoms with E-state index in [4.69, 9.17) is 10.9 Å². The van der Waals surface area contributed by atoms with Crippen LogP contribution in [0.5, 0.6) is 0 Å². The Morgan fingerprint density at radius 3 is 2.68 bits per heavy atom. The molecule has 7 heteroatoms. The summed E-state index contributed by atoms with van der Waals surface area (Å²) in [7, 11) is 1.95. The van der Waals surface area contributed by atoms with Crippen LogP contribution < -0.4 is 5.73 Å². The number of aromatic nitrogens is 2. The number of halogens is 1. The van der Waals surface area contributed by atoms with E-state index in [-0.39, 0.29) is 5.84 Å². The van der Waals surface area contributed by atoms with Gasteiger partial charge >= 0.3 is 0 Å². The van der Waals surface area contributed by atoms with Crippen LogP contribution in [0.25, 0.3) is 0 Å². The molecule has 1 aromatic heterocycles. The Balaban J connectivity index is 2.73. The van der Waals surface area contributed by atoms with Crippen LogP contribution >= 0.6 is 15.9 Å². The van der Waals surface area contributed by atoms with Crippen molar-refractivity contribution >= 4 is 21.8 Å². The topological polar surface area (TPSA) is 79.7 Å². The Morgan fingerprint density at radius 2 is 2.21 bits per heavy atom. The lowest BCUT2D eigenvalue weighted by molar-refractivity contribution is 0.275. The Morgan fingerprint density at radius 1 is 1.53 bits per heavy atom. The molecule has 1 aromatic rings. The third-order valence-electron chi connectivity index (χ3n) is 3.14. The molecule has 0 saturated heterocycles. The largest absolute Gasteiger partial charge is 0.409 e. The molecule has 0 aromatic carbocycles. The number of aryl methyl sites for hydroxylation is 2. The van der Waals surface area contributed by atoms with Crippen LogP contribution in [0.2, 0.25) is 0 Å². The van der Waals surface area contributed by atoms with E-state index < -0.39 is 0 Å². The standard InChI is InChI=1S/C12H22BrN5O/c1-4-9-12(13)10(17(3)15-9)8-18(5-2)7-6-11(14)16-19/h19H,4-8H2,1-3H3,(H2,14,16). The van der Waals surface area contributed by atoms with Gasteiger partial charge in [-0.25, -0.2) is 0 Å². The Bertz CT molecular complexity index is 444. The van der Waals surface area contributed by atoms with Gasteiger partial charge in [0.05, 0.1) is 15.9 Å². The second-order valence-corrected chi connectivity index (χ2v) is 5.19. The van der Waals surface area contributed by atoms with Crippen molar-refractivity contribution in [2.24, 2.45) is 17.9 Å². The molecule has 0 saturated carbocycles. The first-order valence-electron chi connectivity index (χ1n) is 6.42. The number of rotatable bonds is 7. The highest BCUT2D eigenvalue weighted by Crippen LogP contribution is 2.22. The summed E-state index contributed by atoms with van der Waals surface area (Å²) in [6, 6.07) is 0. The van der Waals surface area contributed by atoms with Crippen molar-refractivity contribution in [3.8, 4) is 0 Å². The van der Waals surface area contributed by atoms with E-state index in [1.165, 1.54) is 0 Å². The van der Waals surface area contributed by atoms with Crippen LogP contribution in [0.4, 0.5) is 0 Å². The third-order valence-corrected chi connectivity index (χ3v) is 4.05. The third kappa shape index (κ3) is 4.21. The van der Waals surface area contributed by atoms with Gasteiger partial charge in [0.2, 0.25) is 0 Å². The SMILES string of the molecule is CCc1nn(C)c(CN(CC)CCC(N)=NO)c1Br. The smallest absolute Gasteiger partial charge is 0.140 e. The van der Waals surface area contributed by atoms with E-state index >= 15 is 0 Å². The fourth-order valence-corrected chi connectivity index (χ4v) is 2.62. The summed E-state index contributed by atoms with van der Waals surface area (Å²) >= 11 is 3.62. The van der Waals surface area contributed by atoms with Crippen molar-refractivity contribution in [1.29, 1.82) is 0 Å². The molecule has 0 radical (unpaired) electrons. The van der Waals surface area contributed by atoms with Crippen molar-refractivity contribution in [1.82, 2.24) is 14.7 Å². The molecule has 0 aliphatic rings. The van der Waals surface area contributed by atoms with Gasteiger partial charge in [-0.05, 0) is 28.9 Å². The quantitative estimate of drug-likeness (QED) is 0.345. The molecule has 0 unspecified atom stereocenters. The minimum Gasteiger partial charge on any atom is -0.409 e. The Labute approximate surface area is 122 Å². The zero-order valence-corrected chi connectivity index (χ0v) is 13.3. The summed E-state index contributed by atoms with van der Waals surface area (Å²) in [6.45, 7) is 6.63. The van der Waals surface area contributed by atoms with Crippen molar-refractivity contribution in [2.45, 2.75) is 33.2 Å². The Kier molecular flexibility index (Phi) is 6.30. The number of nitrogens with zero attached hydrogens (tertiary/aromatic N) is 4. The molecule has 3 N–H and O–H groups in total. The molecule has 6 nitrogen and oxygen atoms in total. The first-order chi connectivity index (χ1) is 9.03. The van der Waals surface area contributed by atoms with Gasteiger partial charge in [0, 0.05) is 26.6 Å². The van der Waals surface area contributed by atoms with Crippen LogP contribution in [0.3, 0.4) is 0 Å². The van der Waals surface area contributed by atoms with Crippen LogP contribution in [0.15, 0.2) is 9.63 Å². The minimum absolute atomic E-state index is 0.261. The zero-order chi connectivity index (χ0) is 14.4. The van der Waals surface area contributed by atoms with E-state index in [9.17, 15) is 0 Å². The summed E-state index contributed by atoms with van der Waals surface area (Å²) in [5.74, 6) is 0.261. The average molecular weight is 332 g/mol. The second-order valence-electron chi connectivity index (χ2n) is 4.39. The number of nitrogens with two attached hydrogens (primary N) is 1. The van der Waals surface area contributed by atoms with E-state index in [2.05, 4.69) is 44.9 Å². The zero-order valence-electron chi connectivity index (χ0n) is 11.7. The lowest BCUT2D eigenvalue weighted by Crippen LogP contribution is -2.28. The Hall–Kier alpha value is -1.08. The fraction of sp³-hybridized carbons (Fsp3) is 0.667. The lowest BCUT2D eigenvalue weighted by atomic mass is 10.2. The van der Waals surface area contributed by atoms with Gasteiger partial charge in [-0.1, -0.05) is 19.0 Å². The molecule has 0 atom stereocenters. The second kappa shape index (κ2) is 7.49. The lowest BCUT2D eigenvalue weighted by Gasteiger charge is -2.20. The highest BCUT2D eigenvalue weighted by Gasteiger charge is 2.15. The number of hydrogen-bond acceptors (Lipinski definition) is 4. The molecular weight excluding hydrogens is 310 g/mol. The molecule has 0 aliphatic carbocycles. The molecule has 1 rings (SSSR count). The normalized spacial score (nSPS) is 12.4. The van der Waals surface area contributed by atoms with Crippen molar-refractivity contribution < 1.29 is 5.21 Å². The summed E-state index contributed by atoms with van der Waals surface area (Å²) in [5.41, 5.74) is 7.73. The number of amidine groups is 1. The fourth-order valence-electron chi connectivity index (χ4n) is 1.88. The highest BCUT2D eigenvalue weighted by molar-refractivity contribution is 9.10. The van der Waals surface area contributed by atoms with Gasteiger partial charge in [-0.15, -0.1) is 0 Å². The van der Waals surface area contributed by atoms with Crippen molar-refractivity contribution in [2.75, 3.05) is 13.1 Å². The van der Waals surface area contributed by atoms with E-state index in [1.807, 2.05) is 11.7 Å². The van der Waals surface area contributed by atoms with Gasteiger partial charge < -0.3 is 10.9 Å². The molecule has 0 amide bonds. The summed E-state index contributed by atoms with van der Waals surface area (Å²) < 4.78 is 2.99. The van der Waals surface area contributed by atoms with Crippen molar-refractivity contribution in [3.63, 3.8) is 0 Å².